The molecule has 21 heavy (non-hydrogen) atoms. The van der Waals surface area contributed by atoms with E-state index in [4.69, 9.17) is 10.5 Å². The molecular weight excluding hydrogens is 262 g/mol. The van der Waals surface area contributed by atoms with Gasteiger partial charge in [0.15, 0.2) is 0 Å². The Labute approximate surface area is 128 Å². The second kappa shape index (κ2) is 6.61. The summed E-state index contributed by atoms with van der Waals surface area (Å²) in [7, 11) is 1.44. The Balaban J connectivity index is 3.05. The fraction of sp³-hybridized carbons (Fsp3) is 0.611. The van der Waals surface area contributed by atoms with E-state index >= 15 is 0 Å². The monoisotopic (exact) mass is 291 g/mol. The van der Waals surface area contributed by atoms with Crippen LogP contribution in [0.4, 0.5) is 0 Å². The van der Waals surface area contributed by atoms with Crippen LogP contribution in [0.5, 0.6) is 0 Å². The molecule has 3 heteroatoms. The molecule has 0 aliphatic rings. The summed E-state index contributed by atoms with van der Waals surface area (Å²) in [5.74, 6) is -0.154. The molecule has 1 aromatic carbocycles. The zero-order chi connectivity index (χ0) is 16.3. The molecule has 118 valence electrons. The summed E-state index contributed by atoms with van der Waals surface area (Å²) in [6.07, 6.45) is 0.830. The highest BCUT2D eigenvalue weighted by Crippen LogP contribution is 2.41. The Hall–Kier alpha value is -1.35. The van der Waals surface area contributed by atoms with Crippen molar-refractivity contribution < 1.29 is 9.53 Å². The molecule has 0 radical (unpaired) electrons. The Bertz CT molecular complexity index is 460. The molecule has 0 bridgehead atoms. The summed E-state index contributed by atoms with van der Waals surface area (Å²) >= 11 is 0. The predicted molar refractivity (Wildman–Crippen MR) is 87.0 cm³/mol. The molecule has 0 heterocycles. The van der Waals surface area contributed by atoms with Gasteiger partial charge in [0, 0.05) is 11.5 Å². The van der Waals surface area contributed by atoms with Gasteiger partial charge in [-0.25, -0.2) is 0 Å². The van der Waals surface area contributed by atoms with Crippen molar-refractivity contribution in [1.82, 2.24) is 0 Å². The first-order valence-electron chi connectivity index (χ1n) is 7.51. The highest BCUT2D eigenvalue weighted by Gasteiger charge is 2.38. The number of hydrogen-bond donors (Lipinski definition) is 1. The summed E-state index contributed by atoms with van der Waals surface area (Å²) in [4.78, 5) is 11.9. The molecule has 0 spiro atoms. The molecule has 0 fully saturated rings. The summed E-state index contributed by atoms with van der Waals surface area (Å²) < 4.78 is 4.90. The van der Waals surface area contributed by atoms with Crippen molar-refractivity contribution in [2.75, 3.05) is 7.11 Å². The Morgan fingerprint density at radius 1 is 1.19 bits per heavy atom. The first kappa shape index (κ1) is 17.7. The molecule has 0 saturated carbocycles. The second-order valence-electron chi connectivity index (χ2n) is 7.22. The number of methoxy groups -OCH3 is 1. The fourth-order valence-electron chi connectivity index (χ4n) is 2.69. The second-order valence-corrected chi connectivity index (χ2v) is 7.22. The highest BCUT2D eigenvalue weighted by atomic mass is 16.5. The number of rotatable bonds is 6. The maximum absolute atomic E-state index is 11.9. The van der Waals surface area contributed by atoms with Crippen LogP contribution < -0.4 is 5.73 Å². The van der Waals surface area contributed by atoms with Crippen molar-refractivity contribution in [2.24, 2.45) is 17.1 Å². The van der Waals surface area contributed by atoms with Crippen molar-refractivity contribution in [1.29, 1.82) is 0 Å². The Morgan fingerprint density at radius 2 is 1.71 bits per heavy atom. The van der Waals surface area contributed by atoms with Crippen LogP contribution in [0.15, 0.2) is 30.3 Å². The summed E-state index contributed by atoms with van der Waals surface area (Å²) in [6, 6.07) is 10.3. The standard InChI is InChI=1S/C18H29NO2/c1-13(16(20)21-6)17(2,3)12-15(18(4,5)19)14-10-8-7-9-11-14/h7-11,13,15H,12,19H2,1-6H3. The zero-order valence-electron chi connectivity index (χ0n) is 14.1. The fourth-order valence-corrected chi connectivity index (χ4v) is 2.69. The van der Waals surface area contributed by atoms with E-state index in [2.05, 4.69) is 26.0 Å². The average molecular weight is 291 g/mol. The molecule has 1 rings (SSSR count). The summed E-state index contributed by atoms with van der Waals surface area (Å²) in [5, 5.41) is 0. The number of nitrogens with two attached hydrogens (primary N) is 1. The van der Waals surface area contributed by atoms with Gasteiger partial charge in [0.1, 0.15) is 0 Å². The minimum absolute atomic E-state index is 0.165. The third-order valence-corrected chi connectivity index (χ3v) is 4.56. The van der Waals surface area contributed by atoms with Crippen molar-refractivity contribution in [2.45, 2.75) is 52.5 Å². The van der Waals surface area contributed by atoms with E-state index in [1.807, 2.05) is 39.0 Å². The van der Waals surface area contributed by atoms with Crippen molar-refractivity contribution in [3.05, 3.63) is 35.9 Å². The maximum Gasteiger partial charge on any atom is 0.308 e. The number of ether oxygens (including phenoxy) is 1. The van der Waals surface area contributed by atoms with Gasteiger partial charge in [-0.05, 0) is 31.2 Å². The van der Waals surface area contributed by atoms with E-state index in [0.717, 1.165) is 6.42 Å². The SMILES string of the molecule is COC(=O)C(C)C(C)(C)CC(c1ccccc1)C(C)(C)N. The average Bonchev–Trinajstić information content (AvgIpc) is 2.43. The van der Waals surface area contributed by atoms with E-state index in [9.17, 15) is 4.79 Å². The van der Waals surface area contributed by atoms with Crippen LogP contribution in [0.3, 0.4) is 0 Å². The van der Waals surface area contributed by atoms with Gasteiger partial charge in [0.25, 0.3) is 0 Å². The first-order valence-corrected chi connectivity index (χ1v) is 7.51. The van der Waals surface area contributed by atoms with E-state index in [1.54, 1.807) is 0 Å². The molecule has 0 aliphatic heterocycles. The Kier molecular flexibility index (Phi) is 5.57. The summed E-state index contributed by atoms with van der Waals surface area (Å²) in [5.41, 5.74) is 7.09. The van der Waals surface area contributed by atoms with Gasteiger partial charge >= 0.3 is 5.97 Å². The lowest BCUT2D eigenvalue weighted by atomic mass is 9.67. The molecule has 2 unspecified atom stereocenters. The van der Waals surface area contributed by atoms with E-state index < -0.39 is 0 Å². The van der Waals surface area contributed by atoms with Crippen molar-refractivity contribution in [3.8, 4) is 0 Å². The third kappa shape index (κ3) is 4.57. The molecular formula is C18H29NO2. The lowest BCUT2D eigenvalue weighted by Gasteiger charge is -2.39. The third-order valence-electron chi connectivity index (χ3n) is 4.56. The largest absolute Gasteiger partial charge is 0.469 e. The number of carbonyl (C=O) groups excluding carboxylic acids is 1. The van der Waals surface area contributed by atoms with E-state index in [1.165, 1.54) is 12.7 Å². The van der Waals surface area contributed by atoms with Gasteiger partial charge in [-0.3, -0.25) is 4.79 Å². The smallest absolute Gasteiger partial charge is 0.308 e. The van der Waals surface area contributed by atoms with Gasteiger partial charge in [0.2, 0.25) is 0 Å². The molecule has 0 amide bonds. The molecule has 0 aliphatic carbocycles. The molecule has 0 saturated heterocycles. The van der Waals surface area contributed by atoms with Gasteiger partial charge < -0.3 is 10.5 Å². The lowest BCUT2D eigenvalue weighted by molar-refractivity contribution is -0.149. The number of hydrogen-bond acceptors (Lipinski definition) is 3. The molecule has 2 atom stereocenters. The van der Waals surface area contributed by atoms with Crippen LogP contribution in [-0.2, 0) is 9.53 Å². The van der Waals surface area contributed by atoms with Crippen LogP contribution in [0.25, 0.3) is 0 Å². The van der Waals surface area contributed by atoms with Gasteiger partial charge in [-0.15, -0.1) is 0 Å². The first-order chi connectivity index (χ1) is 9.59. The van der Waals surface area contributed by atoms with Gasteiger partial charge in [-0.2, -0.15) is 0 Å². The van der Waals surface area contributed by atoms with Crippen LogP contribution in [0.2, 0.25) is 0 Å². The van der Waals surface area contributed by atoms with Crippen LogP contribution >= 0.6 is 0 Å². The number of carbonyl (C=O) groups is 1. The van der Waals surface area contributed by atoms with Crippen LogP contribution in [-0.4, -0.2) is 18.6 Å². The minimum Gasteiger partial charge on any atom is -0.469 e. The molecule has 3 nitrogen and oxygen atoms in total. The lowest BCUT2D eigenvalue weighted by Crippen LogP contribution is -2.43. The maximum atomic E-state index is 11.9. The van der Waals surface area contributed by atoms with Crippen molar-refractivity contribution in [3.63, 3.8) is 0 Å². The van der Waals surface area contributed by atoms with Gasteiger partial charge in [-0.1, -0.05) is 51.1 Å². The zero-order valence-corrected chi connectivity index (χ0v) is 14.1. The topological polar surface area (TPSA) is 52.3 Å². The van der Waals surface area contributed by atoms with Gasteiger partial charge in [0.05, 0.1) is 13.0 Å². The summed E-state index contributed by atoms with van der Waals surface area (Å²) in [6.45, 7) is 10.2. The Morgan fingerprint density at radius 3 is 2.14 bits per heavy atom. The normalized spacial score (nSPS) is 15.4. The predicted octanol–water partition coefficient (Wildman–Crippen LogP) is 3.73. The molecule has 1 aromatic rings. The number of benzene rings is 1. The quantitative estimate of drug-likeness (QED) is 0.812. The van der Waals surface area contributed by atoms with E-state index in [-0.39, 0.29) is 28.8 Å². The molecule has 2 N–H and O–H groups in total. The number of esters is 1. The molecule has 0 aromatic heterocycles. The van der Waals surface area contributed by atoms with E-state index in [0.29, 0.717) is 0 Å². The highest BCUT2D eigenvalue weighted by molar-refractivity contribution is 5.72. The van der Waals surface area contributed by atoms with Crippen LogP contribution in [0.1, 0.15) is 52.5 Å². The minimum atomic E-state index is -0.353. The van der Waals surface area contributed by atoms with Crippen molar-refractivity contribution >= 4 is 5.97 Å². The van der Waals surface area contributed by atoms with Crippen LogP contribution in [0, 0.1) is 11.3 Å².